The van der Waals surface area contributed by atoms with Crippen LogP contribution in [0.25, 0.3) is 0 Å². The van der Waals surface area contributed by atoms with Gasteiger partial charge in [0.25, 0.3) is 0 Å². The zero-order valence-corrected chi connectivity index (χ0v) is 15.5. The van der Waals surface area contributed by atoms with Crippen molar-refractivity contribution in [3.05, 3.63) is 12.2 Å². The smallest absolute Gasteiger partial charge is 0.243 e. The summed E-state index contributed by atoms with van der Waals surface area (Å²) in [6.07, 6.45) is 3.55. The van der Waals surface area contributed by atoms with Crippen molar-refractivity contribution >= 4 is 11.8 Å². The molecule has 0 aromatic heterocycles. The SMILES string of the molecule is C=C(CNC1CCC(=O)NC1=O)C(C)(O[C@H]1CCC[C@@H]1N)C(C)OC. The fourth-order valence-corrected chi connectivity index (χ4v) is 3.42. The molecule has 1 aliphatic carbocycles. The van der Waals surface area contributed by atoms with Crippen molar-refractivity contribution in [2.75, 3.05) is 13.7 Å². The number of piperidine rings is 1. The van der Waals surface area contributed by atoms with Crippen LogP contribution in [0.2, 0.25) is 0 Å². The number of imide groups is 1. The van der Waals surface area contributed by atoms with E-state index in [1.807, 2.05) is 13.8 Å². The van der Waals surface area contributed by atoms with E-state index in [9.17, 15) is 9.59 Å². The maximum absolute atomic E-state index is 11.9. The van der Waals surface area contributed by atoms with Crippen LogP contribution in [0.4, 0.5) is 0 Å². The van der Waals surface area contributed by atoms with Crippen LogP contribution in [-0.4, -0.2) is 55.4 Å². The van der Waals surface area contributed by atoms with Crippen LogP contribution in [-0.2, 0) is 19.1 Å². The monoisotopic (exact) mass is 353 g/mol. The second kappa shape index (κ2) is 8.40. The van der Waals surface area contributed by atoms with Gasteiger partial charge in [0.2, 0.25) is 11.8 Å². The predicted octanol–water partition coefficient (Wildman–Crippen LogP) is 0.627. The van der Waals surface area contributed by atoms with Crippen LogP contribution < -0.4 is 16.4 Å². The number of amides is 2. The summed E-state index contributed by atoms with van der Waals surface area (Å²) < 4.78 is 11.9. The quantitative estimate of drug-likeness (QED) is 0.437. The summed E-state index contributed by atoms with van der Waals surface area (Å²) in [6, 6.07) is -0.371. The van der Waals surface area contributed by atoms with Crippen LogP contribution in [0.15, 0.2) is 12.2 Å². The molecule has 1 aliphatic heterocycles. The molecule has 1 saturated heterocycles. The number of carbonyl (C=O) groups excluding carboxylic acids is 2. The molecular weight excluding hydrogens is 322 g/mol. The number of rotatable bonds is 8. The van der Waals surface area contributed by atoms with E-state index in [0.717, 1.165) is 24.8 Å². The van der Waals surface area contributed by atoms with Gasteiger partial charge < -0.3 is 20.5 Å². The Balaban J connectivity index is 2.00. The highest BCUT2D eigenvalue weighted by atomic mass is 16.6. The molecule has 142 valence electrons. The Morgan fingerprint density at radius 3 is 2.72 bits per heavy atom. The van der Waals surface area contributed by atoms with Gasteiger partial charge in [-0.05, 0) is 45.1 Å². The largest absolute Gasteiger partial charge is 0.378 e. The van der Waals surface area contributed by atoms with Gasteiger partial charge in [-0.25, -0.2) is 0 Å². The molecule has 0 spiro atoms. The normalized spacial score (nSPS) is 30.6. The molecule has 2 aliphatic rings. The summed E-state index contributed by atoms with van der Waals surface area (Å²) in [4.78, 5) is 23.1. The van der Waals surface area contributed by atoms with E-state index in [-0.39, 0.29) is 30.1 Å². The molecule has 0 bridgehead atoms. The van der Waals surface area contributed by atoms with E-state index in [2.05, 4.69) is 17.2 Å². The lowest BCUT2D eigenvalue weighted by Gasteiger charge is -2.40. The molecule has 7 heteroatoms. The van der Waals surface area contributed by atoms with Gasteiger partial charge in [0.05, 0.1) is 18.2 Å². The lowest BCUT2D eigenvalue weighted by Crippen LogP contribution is -2.54. The highest BCUT2D eigenvalue weighted by molar-refractivity contribution is 6.00. The minimum absolute atomic E-state index is 0.0186. The summed E-state index contributed by atoms with van der Waals surface area (Å²) in [5.74, 6) is -0.512. The molecule has 7 nitrogen and oxygen atoms in total. The molecule has 4 N–H and O–H groups in total. The number of ether oxygens (including phenoxy) is 2. The Hall–Kier alpha value is -1.28. The minimum Gasteiger partial charge on any atom is -0.378 e. The molecule has 2 fully saturated rings. The lowest BCUT2D eigenvalue weighted by atomic mass is 9.90. The fraction of sp³-hybridized carbons (Fsp3) is 0.778. The predicted molar refractivity (Wildman–Crippen MR) is 94.9 cm³/mol. The van der Waals surface area contributed by atoms with Crippen molar-refractivity contribution in [1.29, 1.82) is 0 Å². The molecular formula is C18H31N3O4. The van der Waals surface area contributed by atoms with Gasteiger partial charge in [-0.15, -0.1) is 0 Å². The maximum Gasteiger partial charge on any atom is 0.243 e. The minimum atomic E-state index is -0.713. The van der Waals surface area contributed by atoms with Crippen LogP contribution in [0.3, 0.4) is 0 Å². The van der Waals surface area contributed by atoms with Crippen molar-refractivity contribution in [3.63, 3.8) is 0 Å². The second-order valence-electron chi connectivity index (χ2n) is 7.22. The van der Waals surface area contributed by atoms with E-state index in [0.29, 0.717) is 19.4 Å². The van der Waals surface area contributed by atoms with Gasteiger partial charge in [0.15, 0.2) is 0 Å². The molecule has 25 heavy (non-hydrogen) atoms. The third kappa shape index (κ3) is 4.67. The number of carbonyl (C=O) groups is 2. The highest BCUT2D eigenvalue weighted by Crippen LogP contribution is 2.32. The third-order valence-electron chi connectivity index (χ3n) is 5.53. The molecule has 1 heterocycles. The van der Waals surface area contributed by atoms with Crippen molar-refractivity contribution < 1.29 is 19.1 Å². The standard InChI is InChI=1S/C18H31N3O4/c1-11(10-20-14-8-9-16(22)21-17(14)23)18(3,12(2)24-4)25-15-7-5-6-13(15)19/h12-15,20H,1,5-10,19H2,2-4H3,(H,21,22,23)/t12?,13-,14?,15-,18?/m0/s1. The first-order valence-corrected chi connectivity index (χ1v) is 8.99. The summed E-state index contributed by atoms with van der Waals surface area (Å²) in [6.45, 7) is 8.48. The average Bonchev–Trinajstić information content (AvgIpc) is 2.97. The number of methoxy groups -OCH3 is 1. The molecule has 2 rings (SSSR count). The van der Waals surface area contributed by atoms with Crippen LogP contribution in [0, 0.1) is 0 Å². The Morgan fingerprint density at radius 2 is 2.16 bits per heavy atom. The molecule has 3 unspecified atom stereocenters. The highest BCUT2D eigenvalue weighted by Gasteiger charge is 2.40. The van der Waals surface area contributed by atoms with Gasteiger partial charge in [-0.3, -0.25) is 14.9 Å². The molecule has 0 aromatic rings. The van der Waals surface area contributed by atoms with Crippen LogP contribution >= 0.6 is 0 Å². The van der Waals surface area contributed by atoms with E-state index < -0.39 is 11.6 Å². The van der Waals surface area contributed by atoms with Gasteiger partial charge in [0, 0.05) is 26.1 Å². The van der Waals surface area contributed by atoms with Crippen LogP contribution in [0.5, 0.6) is 0 Å². The second-order valence-corrected chi connectivity index (χ2v) is 7.22. The summed E-state index contributed by atoms with van der Waals surface area (Å²) in [5, 5.41) is 5.53. The molecule has 5 atom stereocenters. The van der Waals surface area contributed by atoms with Gasteiger partial charge >= 0.3 is 0 Å². The molecule has 0 aromatic carbocycles. The molecule has 1 saturated carbocycles. The first kappa shape index (κ1) is 20.0. The molecule has 2 amide bonds. The Kier molecular flexibility index (Phi) is 6.73. The van der Waals surface area contributed by atoms with Crippen molar-refractivity contribution in [2.45, 2.75) is 75.8 Å². The maximum atomic E-state index is 11.9. The lowest BCUT2D eigenvalue weighted by molar-refractivity contribution is -0.135. The number of nitrogens with two attached hydrogens (primary N) is 1. The Bertz CT molecular complexity index is 524. The van der Waals surface area contributed by atoms with E-state index in [1.54, 1.807) is 7.11 Å². The number of hydrogen-bond acceptors (Lipinski definition) is 6. The van der Waals surface area contributed by atoms with E-state index >= 15 is 0 Å². The van der Waals surface area contributed by atoms with Gasteiger partial charge in [-0.2, -0.15) is 0 Å². The van der Waals surface area contributed by atoms with Crippen molar-refractivity contribution in [2.24, 2.45) is 5.73 Å². The summed E-state index contributed by atoms with van der Waals surface area (Å²) >= 11 is 0. The van der Waals surface area contributed by atoms with Gasteiger partial charge in [0.1, 0.15) is 5.60 Å². The number of hydrogen-bond donors (Lipinski definition) is 3. The number of nitrogens with one attached hydrogen (secondary N) is 2. The van der Waals surface area contributed by atoms with E-state index in [4.69, 9.17) is 15.2 Å². The van der Waals surface area contributed by atoms with Crippen LogP contribution in [0.1, 0.15) is 46.0 Å². The average molecular weight is 353 g/mol. The van der Waals surface area contributed by atoms with Gasteiger partial charge in [-0.1, -0.05) is 6.58 Å². The first-order chi connectivity index (χ1) is 11.8. The van der Waals surface area contributed by atoms with Crippen molar-refractivity contribution in [3.8, 4) is 0 Å². The summed E-state index contributed by atoms with van der Waals surface area (Å²) in [5.41, 5.74) is 6.24. The van der Waals surface area contributed by atoms with Crippen molar-refractivity contribution in [1.82, 2.24) is 10.6 Å². The summed E-state index contributed by atoms with van der Waals surface area (Å²) in [7, 11) is 1.64. The zero-order valence-electron chi connectivity index (χ0n) is 15.5. The third-order valence-corrected chi connectivity index (χ3v) is 5.53. The fourth-order valence-electron chi connectivity index (χ4n) is 3.42. The Labute approximate surface area is 149 Å². The molecule has 0 radical (unpaired) electrons. The first-order valence-electron chi connectivity index (χ1n) is 8.99. The topological polar surface area (TPSA) is 103 Å². The Morgan fingerprint density at radius 1 is 1.44 bits per heavy atom. The zero-order chi connectivity index (χ0) is 18.6. The van der Waals surface area contributed by atoms with E-state index in [1.165, 1.54) is 0 Å².